The van der Waals surface area contributed by atoms with Gasteiger partial charge in [-0.05, 0) is 31.5 Å². The molecule has 0 aliphatic carbocycles. The molecule has 2 aromatic rings. The molecule has 7 nitrogen and oxygen atoms in total. The molecule has 27 heavy (non-hydrogen) atoms. The van der Waals surface area contributed by atoms with E-state index in [1.165, 1.54) is 18.3 Å². The summed E-state index contributed by atoms with van der Waals surface area (Å²) >= 11 is 0. The van der Waals surface area contributed by atoms with Gasteiger partial charge in [-0.15, -0.1) is 0 Å². The second-order valence-electron chi connectivity index (χ2n) is 6.31. The third kappa shape index (κ3) is 7.16. The maximum Gasteiger partial charge on any atom is 0.269 e. The summed E-state index contributed by atoms with van der Waals surface area (Å²) in [6, 6.07) is 12.8. The molecule has 0 bridgehead atoms. The first kappa shape index (κ1) is 20.5. The van der Waals surface area contributed by atoms with Crippen molar-refractivity contribution in [2.45, 2.75) is 32.7 Å². The van der Waals surface area contributed by atoms with E-state index in [4.69, 9.17) is 4.74 Å². The highest BCUT2D eigenvalue weighted by molar-refractivity contribution is 5.98. The minimum atomic E-state index is -0.655. The van der Waals surface area contributed by atoms with Crippen LogP contribution in [-0.2, 0) is 11.3 Å². The lowest BCUT2D eigenvalue weighted by Crippen LogP contribution is -2.33. The van der Waals surface area contributed by atoms with Crippen LogP contribution in [0, 0.1) is 0 Å². The second kappa shape index (κ2) is 10.4. The Balaban J connectivity index is 1.82. The lowest BCUT2D eigenvalue weighted by atomic mass is 10.2. The van der Waals surface area contributed by atoms with E-state index >= 15 is 0 Å². The van der Waals surface area contributed by atoms with E-state index in [0.717, 1.165) is 5.56 Å². The van der Waals surface area contributed by atoms with Gasteiger partial charge in [-0.2, -0.15) is 0 Å². The number of nitrogens with one attached hydrogen (secondary N) is 2. The van der Waals surface area contributed by atoms with Crippen molar-refractivity contribution in [3.63, 3.8) is 0 Å². The number of pyridine rings is 1. The van der Waals surface area contributed by atoms with Crippen molar-refractivity contribution in [1.82, 2.24) is 15.6 Å². The average Bonchev–Trinajstić information content (AvgIpc) is 2.69. The van der Waals surface area contributed by atoms with E-state index in [1.807, 2.05) is 37.3 Å². The van der Waals surface area contributed by atoms with Gasteiger partial charge in [0, 0.05) is 24.8 Å². The summed E-state index contributed by atoms with van der Waals surface area (Å²) in [7, 11) is 0. The summed E-state index contributed by atoms with van der Waals surface area (Å²) in [6.07, 6.45) is 0.587. The summed E-state index contributed by atoms with van der Waals surface area (Å²) < 4.78 is 5.72. The Morgan fingerprint density at radius 1 is 1.07 bits per heavy atom. The Morgan fingerprint density at radius 3 is 2.48 bits per heavy atom. The predicted octanol–water partition coefficient (Wildman–Crippen LogP) is 1.53. The molecule has 0 aliphatic heterocycles. The molecule has 0 saturated carbocycles. The molecule has 2 amide bonds. The van der Waals surface area contributed by atoms with Gasteiger partial charge in [-0.1, -0.05) is 30.3 Å². The van der Waals surface area contributed by atoms with Gasteiger partial charge in [0.05, 0.1) is 18.8 Å². The molecular weight excluding hydrogens is 346 g/mol. The Hall–Kier alpha value is -2.77. The second-order valence-corrected chi connectivity index (χ2v) is 6.31. The molecule has 3 N–H and O–H groups in total. The van der Waals surface area contributed by atoms with Crippen molar-refractivity contribution in [3.05, 3.63) is 65.5 Å². The topological polar surface area (TPSA) is 101 Å². The number of carbonyl (C=O) groups is 2. The molecule has 0 fully saturated rings. The van der Waals surface area contributed by atoms with Crippen LogP contribution in [0.15, 0.2) is 48.7 Å². The van der Waals surface area contributed by atoms with E-state index in [-0.39, 0.29) is 24.2 Å². The fraction of sp³-hybridized carbons (Fsp3) is 0.350. The van der Waals surface area contributed by atoms with E-state index in [2.05, 4.69) is 15.6 Å². The van der Waals surface area contributed by atoms with Crippen molar-refractivity contribution in [2.75, 3.05) is 13.1 Å². The van der Waals surface area contributed by atoms with Gasteiger partial charge in [0.25, 0.3) is 11.8 Å². The number of ether oxygens (including phenoxy) is 1. The number of hydrogen-bond acceptors (Lipinski definition) is 5. The fourth-order valence-electron chi connectivity index (χ4n) is 2.24. The Labute approximate surface area is 158 Å². The van der Waals surface area contributed by atoms with Gasteiger partial charge in [-0.3, -0.25) is 14.6 Å². The molecule has 0 saturated heterocycles. The van der Waals surface area contributed by atoms with Crippen LogP contribution in [0.5, 0.6) is 0 Å². The van der Waals surface area contributed by atoms with Crippen LogP contribution in [0.3, 0.4) is 0 Å². The molecule has 144 valence electrons. The van der Waals surface area contributed by atoms with Gasteiger partial charge in [-0.25, -0.2) is 0 Å². The minimum Gasteiger partial charge on any atom is -0.392 e. The summed E-state index contributed by atoms with van der Waals surface area (Å²) in [6.45, 7) is 4.38. The Kier molecular flexibility index (Phi) is 7.91. The van der Waals surface area contributed by atoms with Gasteiger partial charge in [0.2, 0.25) is 0 Å². The molecule has 0 radical (unpaired) electrons. The number of hydrogen-bond donors (Lipinski definition) is 3. The lowest BCUT2D eigenvalue weighted by Gasteiger charge is -2.14. The summed E-state index contributed by atoms with van der Waals surface area (Å²) in [4.78, 5) is 28.2. The largest absolute Gasteiger partial charge is 0.392 e. The van der Waals surface area contributed by atoms with Gasteiger partial charge >= 0.3 is 0 Å². The highest BCUT2D eigenvalue weighted by Gasteiger charge is 2.13. The number of nitrogens with zero attached hydrogens (tertiary/aromatic N) is 1. The quantitative estimate of drug-likeness (QED) is 0.621. The van der Waals surface area contributed by atoms with Gasteiger partial charge < -0.3 is 20.5 Å². The zero-order valence-corrected chi connectivity index (χ0v) is 15.5. The van der Waals surface area contributed by atoms with Crippen molar-refractivity contribution in [2.24, 2.45) is 0 Å². The van der Waals surface area contributed by atoms with Crippen LogP contribution in [0.1, 0.15) is 40.3 Å². The number of aliphatic hydroxyl groups excluding tert-OH is 1. The molecule has 1 aromatic heterocycles. The smallest absolute Gasteiger partial charge is 0.269 e. The molecular formula is C20H25N3O4. The van der Waals surface area contributed by atoms with E-state index < -0.39 is 12.0 Å². The zero-order chi connectivity index (χ0) is 19.6. The van der Waals surface area contributed by atoms with Crippen molar-refractivity contribution in [3.8, 4) is 0 Å². The van der Waals surface area contributed by atoms with Gasteiger partial charge in [0.1, 0.15) is 5.69 Å². The van der Waals surface area contributed by atoms with Crippen LogP contribution in [0.25, 0.3) is 0 Å². The van der Waals surface area contributed by atoms with E-state index in [0.29, 0.717) is 18.7 Å². The molecule has 2 atom stereocenters. The predicted molar refractivity (Wildman–Crippen MR) is 101 cm³/mol. The van der Waals surface area contributed by atoms with E-state index in [1.54, 1.807) is 6.92 Å². The maximum absolute atomic E-state index is 12.3. The first-order chi connectivity index (χ1) is 13.0. The average molecular weight is 371 g/mol. The summed E-state index contributed by atoms with van der Waals surface area (Å²) in [5.41, 5.74) is 1.52. The third-order valence-corrected chi connectivity index (χ3v) is 3.74. The fourth-order valence-corrected chi connectivity index (χ4v) is 2.24. The SMILES string of the molecule is CC(O)CNC(=O)c1cc(C(=O)NCC(C)OCc2ccccc2)ccn1. The molecule has 0 spiro atoms. The molecule has 2 unspecified atom stereocenters. The van der Waals surface area contributed by atoms with Crippen LogP contribution in [0.2, 0.25) is 0 Å². The third-order valence-electron chi connectivity index (χ3n) is 3.74. The first-order valence-electron chi connectivity index (χ1n) is 8.81. The standard InChI is InChI=1S/C20H25N3O4/c1-14(24)11-22-20(26)18-10-17(8-9-21-18)19(25)23-12-15(2)27-13-16-6-4-3-5-7-16/h3-10,14-15,24H,11-13H2,1-2H3,(H,22,26)(H,23,25). The number of aromatic nitrogens is 1. The normalized spacial score (nSPS) is 12.9. The summed E-state index contributed by atoms with van der Waals surface area (Å²) in [5.74, 6) is -0.748. The Morgan fingerprint density at radius 2 is 1.78 bits per heavy atom. The van der Waals surface area contributed by atoms with E-state index in [9.17, 15) is 14.7 Å². The van der Waals surface area contributed by atoms with Crippen LogP contribution in [-0.4, -0.2) is 47.2 Å². The zero-order valence-electron chi connectivity index (χ0n) is 15.5. The Bertz CT molecular complexity index is 750. The number of carbonyl (C=O) groups excluding carboxylic acids is 2. The highest BCUT2D eigenvalue weighted by Crippen LogP contribution is 2.05. The monoisotopic (exact) mass is 371 g/mol. The number of rotatable bonds is 9. The number of amides is 2. The highest BCUT2D eigenvalue weighted by atomic mass is 16.5. The van der Waals surface area contributed by atoms with Gasteiger partial charge in [0.15, 0.2) is 0 Å². The van der Waals surface area contributed by atoms with Crippen LogP contribution in [0.4, 0.5) is 0 Å². The number of benzene rings is 1. The molecule has 0 aliphatic rings. The van der Waals surface area contributed by atoms with Crippen molar-refractivity contribution >= 4 is 11.8 Å². The van der Waals surface area contributed by atoms with Crippen molar-refractivity contribution in [1.29, 1.82) is 0 Å². The van der Waals surface area contributed by atoms with Crippen molar-refractivity contribution < 1.29 is 19.4 Å². The first-order valence-corrected chi connectivity index (χ1v) is 8.81. The molecule has 1 aromatic carbocycles. The lowest BCUT2D eigenvalue weighted by molar-refractivity contribution is 0.0509. The number of aliphatic hydroxyl groups is 1. The molecule has 2 rings (SSSR count). The molecule has 7 heteroatoms. The van der Waals surface area contributed by atoms with Crippen LogP contribution < -0.4 is 10.6 Å². The summed E-state index contributed by atoms with van der Waals surface area (Å²) in [5, 5.41) is 14.6. The maximum atomic E-state index is 12.3. The minimum absolute atomic E-state index is 0.118. The van der Waals surface area contributed by atoms with Crippen LogP contribution >= 0.6 is 0 Å². The molecule has 1 heterocycles.